The predicted octanol–water partition coefficient (Wildman–Crippen LogP) is 1.84. The van der Waals surface area contributed by atoms with E-state index < -0.39 is 20.5 Å². The number of hydrogen-bond acceptors (Lipinski definition) is 2. The fraction of sp³-hybridized carbons (Fsp3) is 1.00. The Hall–Kier alpha value is 0.170. The summed E-state index contributed by atoms with van der Waals surface area (Å²) in [4.78, 5) is 0. The zero-order valence-electron chi connectivity index (χ0n) is 5.96. The molecule has 0 spiro atoms. The molecule has 0 N–H and O–H groups in total. The van der Waals surface area contributed by atoms with Crippen LogP contribution < -0.4 is 0 Å². The average Bonchev–Trinajstić information content (AvgIpc) is 1.86. The van der Waals surface area contributed by atoms with Gasteiger partial charge in [0.05, 0.1) is 0 Å². The monoisotopic (exact) mass is 200 g/mol. The third kappa shape index (κ3) is 2.30. The average molecular weight is 201 g/mol. The zero-order valence-corrected chi connectivity index (χ0v) is 7.54. The van der Waals surface area contributed by atoms with Crippen LogP contribution >= 0.6 is 10.7 Å². The summed E-state index contributed by atoms with van der Waals surface area (Å²) >= 11 is 0. The highest BCUT2D eigenvalue weighted by molar-refractivity contribution is 8.14. The van der Waals surface area contributed by atoms with Gasteiger partial charge in [0.2, 0.25) is 9.05 Å². The Morgan fingerprint density at radius 2 is 1.82 bits per heavy atom. The van der Waals surface area contributed by atoms with Crippen molar-refractivity contribution in [1.82, 2.24) is 0 Å². The molecule has 0 bridgehead atoms. The maximum Gasteiger partial charge on any atom is 0.238 e. The van der Waals surface area contributed by atoms with Gasteiger partial charge in [0.25, 0.3) is 0 Å². The van der Waals surface area contributed by atoms with Gasteiger partial charge in [0, 0.05) is 10.7 Å². The highest BCUT2D eigenvalue weighted by Gasteiger charge is 2.34. The maximum absolute atomic E-state index is 12.9. The number of hydrogen-bond donors (Lipinski definition) is 0. The molecule has 0 unspecified atom stereocenters. The topological polar surface area (TPSA) is 34.1 Å². The van der Waals surface area contributed by atoms with Crippen LogP contribution in [0.4, 0.5) is 4.39 Å². The zero-order chi connectivity index (χ0) is 8.48. The molecule has 11 heavy (non-hydrogen) atoms. The van der Waals surface area contributed by atoms with Gasteiger partial charge in [-0.25, -0.2) is 12.8 Å². The molecule has 0 aromatic carbocycles. The van der Waals surface area contributed by atoms with Gasteiger partial charge in [-0.2, -0.15) is 0 Å². The first kappa shape index (κ1) is 9.26. The molecular weight excluding hydrogens is 191 g/mol. The van der Waals surface area contributed by atoms with Gasteiger partial charge in [-0.1, -0.05) is 12.8 Å². The number of halogens is 2. The van der Waals surface area contributed by atoms with Crippen LogP contribution in [0.3, 0.4) is 0 Å². The van der Waals surface area contributed by atoms with Crippen molar-refractivity contribution in [3.05, 3.63) is 0 Å². The first-order chi connectivity index (χ1) is 5.02. The summed E-state index contributed by atoms with van der Waals surface area (Å²) in [5.74, 6) is 0. The van der Waals surface area contributed by atoms with E-state index in [9.17, 15) is 12.8 Å². The first-order valence-electron chi connectivity index (χ1n) is 3.59. The van der Waals surface area contributed by atoms with Gasteiger partial charge in [-0.15, -0.1) is 0 Å². The van der Waals surface area contributed by atoms with Crippen LogP contribution in [0.2, 0.25) is 0 Å². The van der Waals surface area contributed by atoms with Crippen molar-refractivity contribution in [3.63, 3.8) is 0 Å². The summed E-state index contributed by atoms with van der Waals surface area (Å²) in [6.45, 7) is 0. The van der Waals surface area contributed by atoms with E-state index in [1.165, 1.54) is 0 Å². The van der Waals surface area contributed by atoms with E-state index in [-0.39, 0.29) is 0 Å². The Balaban J connectivity index is 2.70. The minimum atomic E-state index is -3.68. The fourth-order valence-corrected chi connectivity index (χ4v) is 2.91. The molecule has 0 aromatic heterocycles. The lowest BCUT2D eigenvalue weighted by Gasteiger charge is -2.22. The van der Waals surface area contributed by atoms with Crippen molar-refractivity contribution < 1.29 is 12.8 Å². The van der Waals surface area contributed by atoms with Crippen LogP contribution in [0.5, 0.6) is 0 Å². The Morgan fingerprint density at radius 1 is 1.27 bits per heavy atom. The van der Waals surface area contributed by atoms with Gasteiger partial charge in [0.15, 0.2) is 0 Å². The van der Waals surface area contributed by atoms with E-state index in [1.807, 2.05) is 0 Å². The molecule has 0 saturated heterocycles. The summed E-state index contributed by atoms with van der Waals surface area (Å²) in [6.07, 6.45) is 0.969. The van der Waals surface area contributed by atoms with E-state index in [1.54, 1.807) is 0 Å². The molecule has 66 valence electrons. The Morgan fingerprint density at radius 3 is 2.18 bits per heavy atom. The summed E-state index contributed by atoms with van der Waals surface area (Å²) in [5, 5.41) is -0.960. The molecule has 1 saturated carbocycles. The molecule has 1 aliphatic carbocycles. The largest absolute Gasteiger partial charge is 0.246 e. The van der Waals surface area contributed by atoms with Crippen LogP contribution in [0, 0.1) is 0 Å². The van der Waals surface area contributed by atoms with Crippen LogP contribution in [0.1, 0.15) is 25.7 Å². The van der Waals surface area contributed by atoms with E-state index in [0.717, 1.165) is 12.8 Å². The van der Waals surface area contributed by atoms with Crippen molar-refractivity contribution in [3.8, 4) is 0 Å². The lowest BCUT2D eigenvalue weighted by molar-refractivity contribution is 0.254. The smallest absolute Gasteiger partial charge is 0.238 e. The van der Waals surface area contributed by atoms with Crippen molar-refractivity contribution in [2.24, 2.45) is 0 Å². The number of rotatable bonds is 1. The molecule has 0 amide bonds. The second-order valence-corrected chi connectivity index (χ2v) is 5.66. The van der Waals surface area contributed by atoms with Gasteiger partial charge in [0.1, 0.15) is 11.4 Å². The van der Waals surface area contributed by atoms with Crippen molar-refractivity contribution in [2.75, 3.05) is 0 Å². The lowest BCUT2D eigenvalue weighted by atomic mass is 9.98. The molecule has 1 rings (SSSR count). The molecule has 0 heterocycles. The predicted molar refractivity (Wildman–Crippen MR) is 41.9 cm³/mol. The van der Waals surface area contributed by atoms with E-state index >= 15 is 0 Å². The minimum Gasteiger partial charge on any atom is -0.246 e. The van der Waals surface area contributed by atoms with Crippen LogP contribution in [-0.4, -0.2) is 19.8 Å². The second-order valence-electron chi connectivity index (χ2n) is 2.81. The Bertz CT molecular complexity index is 227. The SMILES string of the molecule is O=S(=O)(Cl)[C@@H]1CCCC[C@@H]1F. The third-order valence-corrected chi connectivity index (χ3v) is 3.92. The molecular formula is C6H10ClFO2S. The normalized spacial score (nSPS) is 33.6. The Labute approximate surface area is 70.2 Å². The molecule has 0 aliphatic heterocycles. The van der Waals surface area contributed by atoms with Crippen molar-refractivity contribution >= 4 is 19.7 Å². The fourth-order valence-electron chi connectivity index (χ4n) is 1.37. The second kappa shape index (κ2) is 3.27. The van der Waals surface area contributed by atoms with E-state index in [4.69, 9.17) is 10.7 Å². The van der Waals surface area contributed by atoms with Crippen LogP contribution in [-0.2, 0) is 9.05 Å². The summed E-state index contributed by atoms with van der Waals surface area (Å²) in [6, 6.07) is 0. The summed E-state index contributed by atoms with van der Waals surface area (Å²) in [7, 11) is 1.36. The molecule has 2 atom stereocenters. The Kier molecular flexibility index (Phi) is 2.75. The van der Waals surface area contributed by atoms with Crippen LogP contribution in [0.25, 0.3) is 0 Å². The van der Waals surface area contributed by atoms with Gasteiger partial charge in [-0.3, -0.25) is 0 Å². The standard InChI is InChI=1S/C6H10ClFO2S/c7-11(9,10)6-4-2-1-3-5(6)8/h5-6H,1-4H2/t5-,6+/m0/s1. The molecule has 5 heteroatoms. The maximum atomic E-state index is 12.9. The summed E-state index contributed by atoms with van der Waals surface area (Å²) in [5.41, 5.74) is 0. The molecule has 0 radical (unpaired) electrons. The van der Waals surface area contributed by atoms with Crippen molar-refractivity contribution in [2.45, 2.75) is 37.1 Å². The van der Waals surface area contributed by atoms with E-state index in [2.05, 4.69) is 0 Å². The summed E-state index contributed by atoms with van der Waals surface area (Å²) < 4.78 is 34.3. The van der Waals surface area contributed by atoms with Gasteiger partial charge in [-0.05, 0) is 12.8 Å². The highest BCUT2D eigenvalue weighted by Crippen LogP contribution is 2.28. The number of alkyl halides is 1. The molecule has 0 aromatic rings. The minimum absolute atomic E-state index is 0.330. The van der Waals surface area contributed by atoms with E-state index in [0.29, 0.717) is 12.8 Å². The lowest BCUT2D eigenvalue weighted by Crippen LogP contribution is -2.31. The molecule has 2 nitrogen and oxygen atoms in total. The molecule has 1 aliphatic rings. The quantitative estimate of drug-likeness (QED) is 0.606. The van der Waals surface area contributed by atoms with Crippen molar-refractivity contribution in [1.29, 1.82) is 0 Å². The van der Waals surface area contributed by atoms with Crippen LogP contribution in [0.15, 0.2) is 0 Å². The van der Waals surface area contributed by atoms with Gasteiger partial charge >= 0.3 is 0 Å². The molecule has 1 fully saturated rings. The van der Waals surface area contributed by atoms with Gasteiger partial charge < -0.3 is 0 Å². The third-order valence-electron chi connectivity index (χ3n) is 1.98. The first-order valence-corrected chi connectivity index (χ1v) is 5.96. The highest BCUT2D eigenvalue weighted by atomic mass is 35.7.